The van der Waals surface area contributed by atoms with Crippen molar-refractivity contribution < 1.29 is 14.3 Å². The van der Waals surface area contributed by atoms with Crippen molar-refractivity contribution in [2.24, 2.45) is 0 Å². The van der Waals surface area contributed by atoms with E-state index >= 15 is 0 Å². The van der Waals surface area contributed by atoms with E-state index in [1.54, 1.807) is 6.20 Å². The lowest BCUT2D eigenvalue weighted by molar-refractivity contribution is -0.0358. The van der Waals surface area contributed by atoms with E-state index in [0.717, 1.165) is 35.1 Å². The second-order valence-electron chi connectivity index (χ2n) is 10.5. The number of rotatable bonds is 2. The molecule has 3 aliphatic rings. The average Bonchev–Trinajstić information content (AvgIpc) is 3.27. The normalized spacial score (nSPS) is 22.0. The smallest absolute Gasteiger partial charge is 0.320 e. The molecular formula is C27H32ClN5O3. The Balaban J connectivity index is 1.37. The zero-order valence-corrected chi connectivity index (χ0v) is 21.5. The molecule has 6 rings (SSSR count). The molecule has 2 saturated heterocycles. The van der Waals surface area contributed by atoms with Crippen LogP contribution in [-0.2, 0) is 22.4 Å². The van der Waals surface area contributed by atoms with E-state index in [0.29, 0.717) is 51.1 Å². The number of nitrogens with zero attached hydrogens (tertiary/aromatic N) is 3. The topological polar surface area (TPSA) is 82.7 Å². The quantitative estimate of drug-likeness (QED) is 0.542. The summed E-state index contributed by atoms with van der Waals surface area (Å²) in [4.78, 5) is 25.3. The number of halogens is 1. The first-order valence-corrected chi connectivity index (χ1v) is 13.0. The number of fused-ring (bicyclic) bond motifs is 2. The number of nitrogens with one attached hydrogen (secondary N) is 2. The van der Waals surface area contributed by atoms with Gasteiger partial charge < -0.3 is 29.6 Å². The summed E-state index contributed by atoms with van der Waals surface area (Å²) in [5.41, 5.74) is 6.30. The first-order chi connectivity index (χ1) is 17.4. The van der Waals surface area contributed by atoms with Crippen LogP contribution in [0.5, 0.6) is 0 Å². The molecule has 0 saturated carbocycles. The van der Waals surface area contributed by atoms with Gasteiger partial charge in [-0.3, -0.25) is 0 Å². The van der Waals surface area contributed by atoms with Crippen LogP contribution < -0.4 is 5.32 Å². The van der Waals surface area contributed by atoms with Gasteiger partial charge in [0.05, 0.1) is 43.0 Å². The van der Waals surface area contributed by atoms with Crippen LogP contribution in [0, 0.1) is 0 Å². The molecule has 3 aliphatic heterocycles. The second kappa shape index (κ2) is 9.34. The minimum Gasteiger partial charge on any atom is -0.378 e. The number of ether oxygens (including phenoxy) is 2. The van der Waals surface area contributed by atoms with Gasteiger partial charge in [0, 0.05) is 49.5 Å². The Kier molecular flexibility index (Phi) is 6.16. The summed E-state index contributed by atoms with van der Waals surface area (Å²) >= 11 is 6.38. The standard InChI is InChI=1S/C27H32ClN5O3/c1-27(2)16-36-8-6-33(27)26(34)32-5-3-17-9-18(19-11-21-23(28)13-31-25(21)30-12-19)10-20(22(17)14-32)24-15-35-7-4-29-24/h9-13,24,29H,3-8,14-16H2,1-2H3,(H,30,31). The Morgan fingerprint density at radius 2 is 2.06 bits per heavy atom. The molecule has 0 bridgehead atoms. The number of morpholine rings is 2. The monoisotopic (exact) mass is 509 g/mol. The molecule has 36 heavy (non-hydrogen) atoms. The summed E-state index contributed by atoms with van der Waals surface area (Å²) < 4.78 is 11.5. The van der Waals surface area contributed by atoms with Gasteiger partial charge in [-0.05, 0) is 54.7 Å². The van der Waals surface area contributed by atoms with Gasteiger partial charge in [0.15, 0.2) is 0 Å². The van der Waals surface area contributed by atoms with Crippen molar-refractivity contribution in [1.29, 1.82) is 0 Å². The fourth-order valence-electron chi connectivity index (χ4n) is 5.62. The van der Waals surface area contributed by atoms with Crippen LogP contribution in [0.3, 0.4) is 0 Å². The third-order valence-electron chi connectivity index (χ3n) is 7.63. The van der Waals surface area contributed by atoms with E-state index in [-0.39, 0.29) is 17.6 Å². The van der Waals surface area contributed by atoms with Crippen LogP contribution in [0.15, 0.2) is 30.6 Å². The molecular weight excluding hydrogens is 478 g/mol. The maximum atomic E-state index is 13.6. The zero-order chi connectivity index (χ0) is 24.9. The Hall–Kier alpha value is -2.65. The summed E-state index contributed by atoms with van der Waals surface area (Å²) in [6.45, 7) is 9.33. The number of hydrogen-bond acceptors (Lipinski definition) is 5. The molecule has 2 aromatic heterocycles. The predicted molar refractivity (Wildman–Crippen MR) is 139 cm³/mol. The largest absolute Gasteiger partial charge is 0.378 e. The van der Waals surface area contributed by atoms with Crippen LogP contribution in [-0.4, -0.2) is 77.4 Å². The van der Waals surface area contributed by atoms with Crippen LogP contribution in [0.1, 0.15) is 36.6 Å². The summed E-state index contributed by atoms with van der Waals surface area (Å²) in [6, 6.07) is 6.76. The third kappa shape index (κ3) is 4.26. The Morgan fingerprint density at radius 1 is 1.17 bits per heavy atom. The molecule has 2 fully saturated rings. The van der Waals surface area contributed by atoms with E-state index in [2.05, 4.69) is 47.3 Å². The van der Waals surface area contributed by atoms with E-state index in [9.17, 15) is 4.79 Å². The van der Waals surface area contributed by atoms with E-state index in [4.69, 9.17) is 21.1 Å². The minimum absolute atomic E-state index is 0.0786. The van der Waals surface area contributed by atoms with Gasteiger partial charge in [0.25, 0.3) is 0 Å². The van der Waals surface area contributed by atoms with Crippen molar-refractivity contribution in [2.45, 2.75) is 38.4 Å². The zero-order valence-electron chi connectivity index (χ0n) is 20.8. The molecule has 1 aromatic carbocycles. The predicted octanol–water partition coefficient (Wildman–Crippen LogP) is 4.13. The number of hydrogen-bond donors (Lipinski definition) is 2. The molecule has 5 heterocycles. The highest BCUT2D eigenvalue weighted by Gasteiger charge is 2.38. The highest BCUT2D eigenvalue weighted by atomic mass is 35.5. The number of carbonyl (C=O) groups is 1. The fraction of sp³-hybridized carbons (Fsp3) is 0.481. The summed E-state index contributed by atoms with van der Waals surface area (Å²) in [5.74, 6) is 0. The molecule has 0 aliphatic carbocycles. The first-order valence-electron chi connectivity index (χ1n) is 12.6. The molecule has 8 nitrogen and oxygen atoms in total. The Bertz CT molecular complexity index is 1300. The molecule has 2 amide bonds. The van der Waals surface area contributed by atoms with Crippen molar-refractivity contribution in [1.82, 2.24) is 25.1 Å². The lowest BCUT2D eigenvalue weighted by atomic mass is 9.87. The van der Waals surface area contributed by atoms with Crippen molar-refractivity contribution in [3.8, 4) is 11.1 Å². The van der Waals surface area contributed by atoms with Gasteiger partial charge in [-0.25, -0.2) is 9.78 Å². The van der Waals surface area contributed by atoms with Gasteiger partial charge in [-0.15, -0.1) is 0 Å². The van der Waals surface area contributed by atoms with Crippen molar-refractivity contribution in [3.05, 3.63) is 52.3 Å². The SMILES string of the molecule is CC1(C)COCCN1C(=O)N1CCc2cc(-c3cnc4[nH]cc(Cl)c4c3)cc(C3COCCN3)c2C1. The van der Waals surface area contributed by atoms with E-state index in [1.165, 1.54) is 16.7 Å². The number of benzene rings is 1. The molecule has 190 valence electrons. The van der Waals surface area contributed by atoms with Crippen LogP contribution in [0.2, 0.25) is 5.02 Å². The van der Waals surface area contributed by atoms with Crippen molar-refractivity contribution >= 4 is 28.7 Å². The number of amides is 2. The second-order valence-corrected chi connectivity index (χ2v) is 10.9. The van der Waals surface area contributed by atoms with Crippen LogP contribution in [0.4, 0.5) is 4.79 Å². The molecule has 1 unspecified atom stereocenters. The molecule has 2 N–H and O–H groups in total. The number of carbonyl (C=O) groups excluding carboxylic acids is 1. The summed E-state index contributed by atoms with van der Waals surface area (Å²) in [5, 5.41) is 5.20. The highest BCUT2D eigenvalue weighted by Crippen LogP contribution is 2.35. The van der Waals surface area contributed by atoms with Crippen molar-refractivity contribution in [3.63, 3.8) is 0 Å². The van der Waals surface area contributed by atoms with Gasteiger partial charge in [0.2, 0.25) is 0 Å². The fourth-order valence-corrected chi connectivity index (χ4v) is 5.82. The van der Waals surface area contributed by atoms with Gasteiger partial charge in [0.1, 0.15) is 5.65 Å². The number of pyridine rings is 1. The number of H-pyrrole nitrogens is 1. The van der Waals surface area contributed by atoms with Crippen LogP contribution >= 0.6 is 11.6 Å². The molecule has 9 heteroatoms. The van der Waals surface area contributed by atoms with Gasteiger partial charge >= 0.3 is 6.03 Å². The lowest BCUT2D eigenvalue weighted by Crippen LogP contribution is -2.59. The first kappa shape index (κ1) is 23.7. The maximum Gasteiger partial charge on any atom is 0.320 e. The van der Waals surface area contributed by atoms with Crippen molar-refractivity contribution in [2.75, 3.05) is 46.1 Å². The number of aromatic amines is 1. The highest BCUT2D eigenvalue weighted by molar-refractivity contribution is 6.35. The van der Waals surface area contributed by atoms with Gasteiger partial charge in [-0.1, -0.05) is 17.7 Å². The van der Waals surface area contributed by atoms with Gasteiger partial charge in [-0.2, -0.15) is 0 Å². The minimum atomic E-state index is -0.313. The van der Waals surface area contributed by atoms with Crippen LogP contribution in [0.25, 0.3) is 22.2 Å². The average molecular weight is 510 g/mol. The number of urea groups is 1. The lowest BCUT2D eigenvalue weighted by Gasteiger charge is -2.45. The maximum absolute atomic E-state index is 13.6. The molecule has 1 atom stereocenters. The Labute approximate surface area is 215 Å². The van der Waals surface area contributed by atoms with E-state index in [1.807, 2.05) is 16.0 Å². The number of aromatic nitrogens is 2. The molecule has 0 spiro atoms. The summed E-state index contributed by atoms with van der Waals surface area (Å²) in [6.07, 6.45) is 4.47. The summed E-state index contributed by atoms with van der Waals surface area (Å²) in [7, 11) is 0. The Morgan fingerprint density at radius 3 is 2.86 bits per heavy atom. The third-order valence-corrected chi connectivity index (χ3v) is 7.95. The molecule has 0 radical (unpaired) electrons. The van der Waals surface area contributed by atoms with E-state index < -0.39 is 0 Å². The molecule has 3 aromatic rings.